The fourth-order valence-corrected chi connectivity index (χ4v) is 3.95. The van der Waals surface area contributed by atoms with E-state index in [0.29, 0.717) is 40.5 Å². The molecule has 32 heavy (non-hydrogen) atoms. The van der Waals surface area contributed by atoms with Crippen LogP contribution in [0.15, 0.2) is 47.0 Å². The van der Waals surface area contributed by atoms with E-state index in [9.17, 15) is 4.79 Å². The first-order valence-electron chi connectivity index (χ1n) is 10.4. The van der Waals surface area contributed by atoms with Crippen molar-refractivity contribution in [3.63, 3.8) is 0 Å². The number of carbonyl (C=O) groups is 1. The lowest BCUT2D eigenvalue weighted by atomic mass is 9.95. The van der Waals surface area contributed by atoms with Crippen molar-refractivity contribution >= 4 is 23.2 Å². The molecule has 0 spiro atoms. The second-order valence-electron chi connectivity index (χ2n) is 7.63. The average Bonchev–Trinajstić information content (AvgIpc) is 3.28. The minimum Gasteiger partial charge on any atom is -0.497 e. The minimum absolute atomic E-state index is 0.0164. The first kappa shape index (κ1) is 22.1. The van der Waals surface area contributed by atoms with Crippen LogP contribution in [0.25, 0.3) is 11.4 Å². The molecule has 168 valence electrons. The van der Waals surface area contributed by atoms with Crippen LogP contribution in [-0.4, -0.2) is 48.3 Å². The molecule has 1 aromatic heterocycles. The molecular weight excluding hydrogens is 432 g/mol. The highest BCUT2D eigenvalue weighted by atomic mass is 35.5. The molecule has 0 aliphatic carbocycles. The summed E-state index contributed by atoms with van der Waals surface area (Å²) >= 11 is 6.04. The Kier molecular flexibility index (Phi) is 6.92. The molecule has 1 saturated heterocycles. The maximum atomic E-state index is 12.8. The zero-order valence-electron chi connectivity index (χ0n) is 18.0. The number of nitrogens with one attached hydrogen (secondary N) is 1. The maximum absolute atomic E-state index is 12.8. The number of aromatic nitrogens is 2. The maximum Gasteiger partial charge on any atom is 0.241 e. The molecule has 1 N–H and O–H groups in total. The van der Waals surface area contributed by atoms with Crippen LogP contribution in [0.5, 0.6) is 11.5 Å². The Morgan fingerprint density at radius 3 is 2.72 bits per heavy atom. The lowest BCUT2D eigenvalue weighted by Gasteiger charge is -2.30. The Labute approximate surface area is 191 Å². The topological polar surface area (TPSA) is 89.7 Å². The predicted octanol–water partition coefficient (Wildman–Crippen LogP) is 4.26. The van der Waals surface area contributed by atoms with Crippen molar-refractivity contribution < 1.29 is 18.8 Å². The normalized spacial score (nSPS) is 14.8. The van der Waals surface area contributed by atoms with E-state index in [2.05, 4.69) is 20.4 Å². The zero-order valence-corrected chi connectivity index (χ0v) is 18.8. The Balaban J connectivity index is 1.31. The molecule has 4 rings (SSSR count). The van der Waals surface area contributed by atoms with Gasteiger partial charge in [0, 0.05) is 22.6 Å². The molecule has 1 fully saturated rings. The van der Waals surface area contributed by atoms with Crippen LogP contribution in [0.2, 0.25) is 5.02 Å². The SMILES string of the molecule is COc1ccc(OC)c(NC(=O)C2CCN(Cc3nc(-c4cccc(Cl)c4)no3)CC2)c1. The molecule has 3 aromatic rings. The van der Waals surface area contributed by atoms with Gasteiger partial charge in [0.25, 0.3) is 0 Å². The van der Waals surface area contributed by atoms with Gasteiger partial charge in [0.05, 0.1) is 26.5 Å². The largest absolute Gasteiger partial charge is 0.497 e. The lowest BCUT2D eigenvalue weighted by molar-refractivity contribution is -0.121. The number of nitrogens with zero attached hydrogens (tertiary/aromatic N) is 3. The number of halogens is 1. The summed E-state index contributed by atoms with van der Waals surface area (Å²) in [7, 11) is 3.16. The van der Waals surface area contributed by atoms with E-state index in [-0.39, 0.29) is 11.8 Å². The number of benzene rings is 2. The summed E-state index contributed by atoms with van der Waals surface area (Å²) in [6, 6.07) is 12.7. The van der Waals surface area contributed by atoms with Crippen molar-refractivity contribution in [1.82, 2.24) is 15.0 Å². The third-order valence-corrected chi connectivity index (χ3v) is 5.77. The second kappa shape index (κ2) is 10.0. The molecule has 1 amide bonds. The minimum atomic E-state index is -0.0770. The number of ether oxygens (including phenoxy) is 2. The third-order valence-electron chi connectivity index (χ3n) is 5.53. The van der Waals surface area contributed by atoms with Gasteiger partial charge in [-0.05, 0) is 50.2 Å². The summed E-state index contributed by atoms with van der Waals surface area (Å²) in [4.78, 5) is 19.5. The Morgan fingerprint density at radius 1 is 1.19 bits per heavy atom. The first-order valence-corrected chi connectivity index (χ1v) is 10.8. The number of amides is 1. The Morgan fingerprint density at radius 2 is 2.00 bits per heavy atom. The van der Waals surface area contributed by atoms with E-state index in [1.807, 2.05) is 12.1 Å². The second-order valence-corrected chi connectivity index (χ2v) is 8.06. The van der Waals surface area contributed by atoms with Gasteiger partial charge >= 0.3 is 0 Å². The zero-order chi connectivity index (χ0) is 22.5. The van der Waals surface area contributed by atoms with Crippen LogP contribution in [0.4, 0.5) is 5.69 Å². The van der Waals surface area contributed by atoms with Gasteiger partial charge in [0.15, 0.2) is 0 Å². The number of carbonyl (C=O) groups excluding carboxylic acids is 1. The molecule has 1 aliphatic heterocycles. The van der Waals surface area contributed by atoms with E-state index in [4.69, 9.17) is 25.6 Å². The van der Waals surface area contributed by atoms with Gasteiger partial charge in [-0.25, -0.2) is 0 Å². The monoisotopic (exact) mass is 456 g/mol. The number of hydrogen-bond donors (Lipinski definition) is 1. The van der Waals surface area contributed by atoms with Crippen molar-refractivity contribution in [3.8, 4) is 22.9 Å². The van der Waals surface area contributed by atoms with Gasteiger partial charge in [-0.1, -0.05) is 28.9 Å². The van der Waals surface area contributed by atoms with E-state index in [0.717, 1.165) is 31.5 Å². The van der Waals surface area contributed by atoms with Crippen LogP contribution >= 0.6 is 11.6 Å². The number of rotatable bonds is 7. The Bertz CT molecular complexity index is 1080. The highest BCUT2D eigenvalue weighted by molar-refractivity contribution is 6.30. The third kappa shape index (κ3) is 5.20. The molecule has 0 atom stereocenters. The molecule has 0 unspecified atom stereocenters. The van der Waals surface area contributed by atoms with Crippen molar-refractivity contribution in [2.75, 3.05) is 32.6 Å². The van der Waals surface area contributed by atoms with Crippen molar-refractivity contribution in [1.29, 1.82) is 0 Å². The summed E-state index contributed by atoms with van der Waals surface area (Å²) in [5.74, 6) is 2.23. The molecule has 9 heteroatoms. The summed E-state index contributed by atoms with van der Waals surface area (Å²) < 4.78 is 16.0. The lowest BCUT2D eigenvalue weighted by Crippen LogP contribution is -2.37. The van der Waals surface area contributed by atoms with E-state index >= 15 is 0 Å². The molecule has 0 saturated carbocycles. The van der Waals surface area contributed by atoms with E-state index in [1.54, 1.807) is 44.6 Å². The van der Waals surface area contributed by atoms with Crippen LogP contribution in [0, 0.1) is 5.92 Å². The quantitative estimate of drug-likeness (QED) is 0.568. The number of methoxy groups -OCH3 is 2. The smallest absolute Gasteiger partial charge is 0.241 e. The fourth-order valence-electron chi connectivity index (χ4n) is 3.76. The van der Waals surface area contributed by atoms with Crippen molar-refractivity contribution in [2.24, 2.45) is 5.92 Å². The summed E-state index contributed by atoms with van der Waals surface area (Å²) in [5.41, 5.74) is 1.43. The molecule has 2 heterocycles. The van der Waals surface area contributed by atoms with Gasteiger partial charge in [-0.3, -0.25) is 9.69 Å². The van der Waals surface area contributed by atoms with Gasteiger partial charge in [0.1, 0.15) is 11.5 Å². The summed E-state index contributed by atoms with van der Waals surface area (Å²) in [5, 5.41) is 7.66. The fraction of sp³-hybridized carbons (Fsp3) is 0.348. The number of hydrogen-bond acceptors (Lipinski definition) is 7. The van der Waals surface area contributed by atoms with E-state index in [1.165, 1.54) is 0 Å². The predicted molar refractivity (Wildman–Crippen MR) is 121 cm³/mol. The summed E-state index contributed by atoms with van der Waals surface area (Å²) in [6.45, 7) is 2.08. The molecule has 8 nitrogen and oxygen atoms in total. The van der Waals surface area contributed by atoms with Crippen LogP contribution in [0.1, 0.15) is 18.7 Å². The van der Waals surface area contributed by atoms with Crippen LogP contribution in [0.3, 0.4) is 0 Å². The van der Waals surface area contributed by atoms with Crippen LogP contribution in [-0.2, 0) is 11.3 Å². The Hall–Kier alpha value is -3.10. The standard InChI is InChI=1S/C23H25ClN4O4/c1-30-18-6-7-20(31-2)19(13-18)25-23(29)15-8-10-28(11-9-15)14-21-26-22(27-32-21)16-4-3-5-17(24)12-16/h3-7,12-13,15H,8-11,14H2,1-2H3,(H,25,29). The molecule has 2 aromatic carbocycles. The van der Waals surface area contributed by atoms with Crippen LogP contribution < -0.4 is 14.8 Å². The van der Waals surface area contributed by atoms with Crippen molar-refractivity contribution in [3.05, 3.63) is 53.4 Å². The molecule has 0 radical (unpaired) electrons. The molecular formula is C23H25ClN4O4. The van der Waals surface area contributed by atoms with Crippen molar-refractivity contribution in [2.45, 2.75) is 19.4 Å². The number of anilines is 1. The van der Waals surface area contributed by atoms with Gasteiger partial charge in [0.2, 0.25) is 17.6 Å². The highest BCUT2D eigenvalue weighted by Gasteiger charge is 2.26. The van der Waals surface area contributed by atoms with Gasteiger partial charge in [-0.15, -0.1) is 0 Å². The van der Waals surface area contributed by atoms with Gasteiger partial charge < -0.3 is 19.3 Å². The first-order chi connectivity index (χ1) is 15.6. The average molecular weight is 457 g/mol. The number of piperidine rings is 1. The highest BCUT2D eigenvalue weighted by Crippen LogP contribution is 2.30. The summed E-state index contributed by atoms with van der Waals surface area (Å²) in [6.07, 6.45) is 1.49. The van der Waals surface area contributed by atoms with Gasteiger partial charge in [-0.2, -0.15) is 4.98 Å². The molecule has 1 aliphatic rings. The molecule has 0 bridgehead atoms. The van der Waals surface area contributed by atoms with E-state index < -0.39 is 0 Å². The number of likely N-dealkylation sites (tertiary alicyclic amines) is 1.